The molecular weight excluding hydrogens is 156 g/mol. The summed E-state index contributed by atoms with van der Waals surface area (Å²) in [5.41, 5.74) is 0. The fourth-order valence-electron chi connectivity index (χ4n) is 1.22. The van der Waals surface area contributed by atoms with Crippen molar-refractivity contribution in [2.75, 3.05) is 26.2 Å². The molecule has 0 saturated carbocycles. The predicted molar refractivity (Wildman–Crippen MR) is 44.9 cm³/mol. The van der Waals surface area contributed by atoms with Crippen molar-refractivity contribution in [1.29, 1.82) is 0 Å². The zero-order valence-corrected chi connectivity index (χ0v) is 7.38. The van der Waals surface area contributed by atoms with Gasteiger partial charge in [0, 0.05) is 25.7 Å². The Morgan fingerprint density at radius 1 is 1.75 bits per heavy atom. The molecule has 1 N–H and O–H groups in total. The van der Waals surface area contributed by atoms with Crippen molar-refractivity contribution >= 4 is 5.97 Å². The maximum Gasteiger partial charge on any atom is 0.307 e. The normalized spacial score (nSPS) is 23.6. The van der Waals surface area contributed by atoms with Gasteiger partial charge < -0.3 is 10.1 Å². The van der Waals surface area contributed by atoms with Gasteiger partial charge in [0.05, 0.1) is 13.0 Å². The molecular formula is C8H15N2O2. The fourth-order valence-corrected chi connectivity index (χ4v) is 1.22. The molecule has 4 heteroatoms. The number of carbonyl (C=O) groups is 1. The average molecular weight is 171 g/mol. The molecule has 69 valence electrons. The molecule has 0 aromatic rings. The lowest BCUT2D eigenvalue weighted by Crippen LogP contribution is -2.46. The van der Waals surface area contributed by atoms with Crippen molar-refractivity contribution in [1.82, 2.24) is 10.6 Å². The molecule has 1 aliphatic heterocycles. The first-order valence-electron chi connectivity index (χ1n) is 4.35. The molecule has 1 atom stereocenters. The highest BCUT2D eigenvalue weighted by atomic mass is 16.5. The van der Waals surface area contributed by atoms with Crippen LogP contribution in [-0.4, -0.2) is 38.3 Å². The van der Waals surface area contributed by atoms with E-state index in [2.05, 4.69) is 10.6 Å². The van der Waals surface area contributed by atoms with E-state index in [4.69, 9.17) is 4.74 Å². The van der Waals surface area contributed by atoms with Gasteiger partial charge in [0.25, 0.3) is 0 Å². The van der Waals surface area contributed by atoms with Crippen LogP contribution in [-0.2, 0) is 9.53 Å². The van der Waals surface area contributed by atoms with Crippen LogP contribution in [0.25, 0.3) is 0 Å². The van der Waals surface area contributed by atoms with Crippen LogP contribution in [0.15, 0.2) is 0 Å². The second kappa shape index (κ2) is 5.11. The first-order valence-corrected chi connectivity index (χ1v) is 4.35. The summed E-state index contributed by atoms with van der Waals surface area (Å²) < 4.78 is 4.82. The quantitative estimate of drug-likeness (QED) is 0.583. The molecule has 1 unspecified atom stereocenters. The van der Waals surface area contributed by atoms with Crippen LogP contribution in [0.4, 0.5) is 0 Å². The molecule has 0 spiro atoms. The Hall–Kier alpha value is -0.610. The summed E-state index contributed by atoms with van der Waals surface area (Å²) in [6, 6.07) is 0.192. The van der Waals surface area contributed by atoms with Gasteiger partial charge >= 0.3 is 5.97 Å². The summed E-state index contributed by atoms with van der Waals surface area (Å²) in [6.07, 6.45) is 0.442. The van der Waals surface area contributed by atoms with Crippen LogP contribution in [0.1, 0.15) is 13.3 Å². The number of hydrogen-bond donors (Lipinski definition) is 1. The van der Waals surface area contributed by atoms with Gasteiger partial charge in [-0.15, -0.1) is 0 Å². The molecule has 1 radical (unpaired) electrons. The Balaban J connectivity index is 2.15. The fraction of sp³-hybridized carbons (Fsp3) is 0.875. The number of ether oxygens (including phenoxy) is 1. The number of nitrogens with one attached hydrogen (secondary N) is 1. The van der Waals surface area contributed by atoms with E-state index in [0.29, 0.717) is 13.0 Å². The Morgan fingerprint density at radius 3 is 3.17 bits per heavy atom. The molecule has 0 aliphatic carbocycles. The van der Waals surface area contributed by atoms with E-state index in [-0.39, 0.29) is 12.0 Å². The number of piperazine rings is 1. The third kappa shape index (κ3) is 3.19. The summed E-state index contributed by atoms with van der Waals surface area (Å²) in [6.45, 7) is 4.75. The summed E-state index contributed by atoms with van der Waals surface area (Å²) in [4.78, 5) is 11.0. The Morgan fingerprint density at radius 2 is 2.58 bits per heavy atom. The lowest BCUT2D eigenvalue weighted by Gasteiger charge is -2.22. The van der Waals surface area contributed by atoms with E-state index in [0.717, 1.165) is 19.6 Å². The maximum absolute atomic E-state index is 11.0. The van der Waals surface area contributed by atoms with Crippen LogP contribution in [0.3, 0.4) is 0 Å². The summed E-state index contributed by atoms with van der Waals surface area (Å²) in [5.74, 6) is -0.132. The lowest BCUT2D eigenvalue weighted by atomic mass is 10.2. The Kier molecular flexibility index (Phi) is 4.04. The molecule has 0 amide bonds. The van der Waals surface area contributed by atoms with E-state index >= 15 is 0 Å². The summed E-state index contributed by atoms with van der Waals surface area (Å²) in [5, 5.41) is 7.42. The standard InChI is InChI=1S/C8H15N2O2/c1-2-12-8(11)5-7-6-9-3-4-10-7/h7,10H,2-6H2,1H3. The number of rotatable bonds is 3. The predicted octanol–water partition coefficient (Wildman–Crippen LogP) is -0.484. The number of nitrogens with zero attached hydrogens (tertiary/aromatic N) is 1. The van der Waals surface area contributed by atoms with Gasteiger partial charge in [-0.2, -0.15) is 0 Å². The highest BCUT2D eigenvalue weighted by Crippen LogP contribution is 1.97. The monoisotopic (exact) mass is 171 g/mol. The smallest absolute Gasteiger partial charge is 0.307 e. The molecule has 1 aliphatic rings. The minimum Gasteiger partial charge on any atom is -0.466 e. The zero-order chi connectivity index (χ0) is 8.81. The molecule has 12 heavy (non-hydrogen) atoms. The van der Waals surface area contributed by atoms with Crippen molar-refractivity contribution < 1.29 is 9.53 Å². The van der Waals surface area contributed by atoms with E-state index < -0.39 is 0 Å². The molecule has 1 saturated heterocycles. The first-order chi connectivity index (χ1) is 5.83. The highest BCUT2D eigenvalue weighted by molar-refractivity contribution is 5.70. The van der Waals surface area contributed by atoms with Gasteiger partial charge in [-0.3, -0.25) is 4.79 Å². The first kappa shape index (κ1) is 9.48. The van der Waals surface area contributed by atoms with Crippen molar-refractivity contribution in [3.63, 3.8) is 0 Å². The van der Waals surface area contributed by atoms with Crippen molar-refractivity contribution in [2.24, 2.45) is 0 Å². The van der Waals surface area contributed by atoms with Gasteiger partial charge in [-0.25, -0.2) is 5.32 Å². The second-order valence-electron chi connectivity index (χ2n) is 2.79. The Bertz CT molecular complexity index is 144. The third-order valence-corrected chi connectivity index (χ3v) is 1.77. The molecule has 4 nitrogen and oxygen atoms in total. The van der Waals surface area contributed by atoms with E-state index in [9.17, 15) is 4.79 Å². The van der Waals surface area contributed by atoms with Crippen LogP contribution in [0.2, 0.25) is 0 Å². The average Bonchev–Trinajstić information content (AvgIpc) is 2.06. The van der Waals surface area contributed by atoms with Gasteiger partial charge in [-0.1, -0.05) is 0 Å². The minimum atomic E-state index is -0.132. The third-order valence-electron chi connectivity index (χ3n) is 1.77. The molecule has 1 fully saturated rings. The molecule has 1 heterocycles. The SMILES string of the molecule is CCOC(=O)CC1C[N]CCN1. The largest absolute Gasteiger partial charge is 0.466 e. The van der Waals surface area contributed by atoms with Crippen molar-refractivity contribution in [3.05, 3.63) is 0 Å². The van der Waals surface area contributed by atoms with Crippen molar-refractivity contribution in [2.45, 2.75) is 19.4 Å². The van der Waals surface area contributed by atoms with Crippen molar-refractivity contribution in [3.8, 4) is 0 Å². The van der Waals surface area contributed by atoms with Crippen LogP contribution in [0.5, 0.6) is 0 Å². The van der Waals surface area contributed by atoms with Crippen LogP contribution in [0, 0.1) is 0 Å². The maximum atomic E-state index is 11.0. The van der Waals surface area contributed by atoms with E-state index in [1.54, 1.807) is 0 Å². The topological polar surface area (TPSA) is 52.4 Å². The van der Waals surface area contributed by atoms with E-state index in [1.807, 2.05) is 6.92 Å². The molecule has 1 rings (SSSR count). The Labute approximate surface area is 72.7 Å². The summed E-state index contributed by atoms with van der Waals surface area (Å²) >= 11 is 0. The molecule has 0 aromatic heterocycles. The minimum absolute atomic E-state index is 0.132. The number of esters is 1. The number of carbonyl (C=O) groups excluding carboxylic acids is 1. The summed E-state index contributed by atoms with van der Waals surface area (Å²) in [7, 11) is 0. The van der Waals surface area contributed by atoms with Crippen LogP contribution < -0.4 is 10.6 Å². The second-order valence-corrected chi connectivity index (χ2v) is 2.79. The molecule has 0 bridgehead atoms. The van der Waals surface area contributed by atoms with Gasteiger partial charge in [0.15, 0.2) is 0 Å². The zero-order valence-electron chi connectivity index (χ0n) is 7.38. The van der Waals surface area contributed by atoms with Crippen LogP contribution >= 0.6 is 0 Å². The number of hydrogen-bond acceptors (Lipinski definition) is 3. The lowest BCUT2D eigenvalue weighted by molar-refractivity contribution is -0.143. The van der Waals surface area contributed by atoms with Gasteiger partial charge in [0.1, 0.15) is 0 Å². The van der Waals surface area contributed by atoms with E-state index in [1.165, 1.54) is 0 Å². The van der Waals surface area contributed by atoms with Gasteiger partial charge in [-0.05, 0) is 6.92 Å². The molecule has 0 aromatic carbocycles. The highest BCUT2D eigenvalue weighted by Gasteiger charge is 2.16. The van der Waals surface area contributed by atoms with Gasteiger partial charge in [0.2, 0.25) is 0 Å².